The number of hydrogen-bond donors (Lipinski definition) is 1. The molecule has 0 fully saturated rings. The van der Waals surface area contributed by atoms with Crippen LogP contribution in [0.5, 0.6) is 11.5 Å². The van der Waals surface area contributed by atoms with Crippen LogP contribution in [0.25, 0.3) is 20.8 Å². The molecule has 0 saturated heterocycles. The fraction of sp³-hybridized carbons (Fsp3) is 0.130. The van der Waals surface area contributed by atoms with Crippen molar-refractivity contribution in [3.8, 4) is 22.1 Å². The summed E-state index contributed by atoms with van der Waals surface area (Å²) in [4.78, 5) is 17.2. The monoisotopic (exact) mass is 404 g/mol. The first-order valence-corrected chi connectivity index (χ1v) is 9.94. The van der Waals surface area contributed by atoms with Crippen molar-refractivity contribution in [3.63, 3.8) is 0 Å². The van der Waals surface area contributed by atoms with Gasteiger partial charge in [0.2, 0.25) is 5.91 Å². The maximum atomic E-state index is 12.5. The fourth-order valence-corrected chi connectivity index (χ4v) is 4.07. The lowest BCUT2D eigenvalue weighted by Gasteiger charge is -2.10. The number of anilines is 1. The van der Waals surface area contributed by atoms with Crippen LogP contribution in [0.4, 0.5) is 5.69 Å². The lowest BCUT2D eigenvalue weighted by molar-refractivity contribution is -0.115. The van der Waals surface area contributed by atoms with Crippen molar-refractivity contribution < 1.29 is 14.3 Å². The normalized spacial score (nSPS) is 10.7. The number of carbonyl (C=O) groups excluding carboxylic acids is 1. The first-order chi connectivity index (χ1) is 14.2. The Bertz CT molecular complexity index is 1140. The Kier molecular flexibility index (Phi) is 5.44. The molecule has 1 amide bonds. The summed E-state index contributed by atoms with van der Waals surface area (Å²) in [6.07, 6.45) is 0.242. The van der Waals surface area contributed by atoms with Crippen LogP contribution in [0.3, 0.4) is 0 Å². The Morgan fingerprint density at radius 3 is 2.59 bits per heavy atom. The van der Waals surface area contributed by atoms with Crippen LogP contribution in [-0.4, -0.2) is 25.1 Å². The highest BCUT2D eigenvalue weighted by Crippen LogP contribution is 2.31. The first kappa shape index (κ1) is 19.0. The van der Waals surface area contributed by atoms with Gasteiger partial charge in [0.15, 0.2) is 11.5 Å². The fourth-order valence-electron chi connectivity index (χ4n) is 3.11. The molecule has 5 nitrogen and oxygen atoms in total. The van der Waals surface area contributed by atoms with E-state index >= 15 is 0 Å². The van der Waals surface area contributed by atoms with E-state index in [0.29, 0.717) is 11.5 Å². The summed E-state index contributed by atoms with van der Waals surface area (Å²) in [5, 5.41) is 3.90. The van der Waals surface area contributed by atoms with Crippen LogP contribution in [-0.2, 0) is 11.2 Å². The number of fused-ring (bicyclic) bond motifs is 1. The zero-order valence-electron chi connectivity index (χ0n) is 16.1. The molecule has 4 rings (SSSR count). The lowest BCUT2D eigenvalue weighted by Crippen LogP contribution is -2.14. The number of carbonyl (C=O) groups is 1. The summed E-state index contributed by atoms with van der Waals surface area (Å²) in [5.41, 5.74) is 3.56. The third kappa shape index (κ3) is 4.22. The number of hydrogen-bond acceptors (Lipinski definition) is 5. The molecule has 0 aliphatic heterocycles. The number of methoxy groups -OCH3 is 2. The van der Waals surface area contributed by atoms with Gasteiger partial charge in [0.05, 0.1) is 30.9 Å². The molecule has 0 unspecified atom stereocenters. The van der Waals surface area contributed by atoms with Crippen LogP contribution in [0.2, 0.25) is 0 Å². The van der Waals surface area contributed by atoms with Crippen molar-refractivity contribution in [3.05, 3.63) is 72.3 Å². The molecule has 1 N–H and O–H groups in total. The molecule has 1 aromatic heterocycles. The molecule has 3 aromatic carbocycles. The average molecular weight is 404 g/mol. The van der Waals surface area contributed by atoms with E-state index in [9.17, 15) is 4.79 Å². The number of aromatic nitrogens is 1. The average Bonchev–Trinajstić information content (AvgIpc) is 3.18. The van der Waals surface area contributed by atoms with Crippen molar-refractivity contribution in [1.82, 2.24) is 4.98 Å². The highest BCUT2D eigenvalue weighted by molar-refractivity contribution is 7.21. The molecule has 146 valence electrons. The molecule has 0 atom stereocenters. The van der Waals surface area contributed by atoms with Crippen LogP contribution in [0.1, 0.15) is 5.56 Å². The maximum absolute atomic E-state index is 12.5. The molecule has 0 aliphatic rings. The van der Waals surface area contributed by atoms with E-state index < -0.39 is 0 Å². The van der Waals surface area contributed by atoms with Crippen molar-refractivity contribution in [2.24, 2.45) is 0 Å². The van der Waals surface area contributed by atoms with Gasteiger partial charge in [-0.3, -0.25) is 4.79 Å². The lowest BCUT2D eigenvalue weighted by atomic mass is 10.1. The Labute approximate surface area is 172 Å². The molecule has 4 aromatic rings. The second kappa shape index (κ2) is 8.32. The highest BCUT2D eigenvalue weighted by Gasteiger charge is 2.10. The zero-order chi connectivity index (χ0) is 20.2. The summed E-state index contributed by atoms with van der Waals surface area (Å²) in [5.74, 6) is 1.15. The number of rotatable bonds is 6. The topological polar surface area (TPSA) is 60.5 Å². The van der Waals surface area contributed by atoms with Crippen LogP contribution in [0, 0.1) is 0 Å². The molecule has 1 heterocycles. The molecule has 6 heteroatoms. The van der Waals surface area contributed by atoms with Crippen LogP contribution in [0.15, 0.2) is 66.7 Å². The van der Waals surface area contributed by atoms with Crippen molar-refractivity contribution >= 4 is 33.1 Å². The Hall–Kier alpha value is -3.38. The van der Waals surface area contributed by atoms with Crippen LogP contribution >= 0.6 is 11.3 Å². The number of ether oxygens (including phenoxy) is 2. The van der Waals surface area contributed by atoms with E-state index in [-0.39, 0.29) is 12.3 Å². The molecule has 29 heavy (non-hydrogen) atoms. The van der Waals surface area contributed by atoms with Gasteiger partial charge in [-0.2, -0.15) is 0 Å². The minimum absolute atomic E-state index is 0.0985. The summed E-state index contributed by atoms with van der Waals surface area (Å²) < 4.78 is 11.7. The predicted octanol–water partition coefficient (Wildman–Crippen LogP) is 5.16. The van der Waals surface area contributed by atoms with E-state index in [2.05, 4.69) is 16.4 Å². The number of amides is 1. The van der Waals surface area contributed by atoms with E-state index in [4.69, 9.17) is 9.47 Å². The minimum atomic E-state index is -0.0985. The van der Waals surface area contributed by atoms with Crippen LogP contribution < -0.4 is 14.8 Å². The Balaban J connectivity index is 1.49. The molecule has 0 saturated carbocycles. The number of nitrogens with one attached hydrogen (secondary N) is 1. The number of thiazole rings is 1. The molecular formula is C23H20N2O3S. The van der Waals surface area contributed by atoms with E-state index in [1.165, 1.54) is 0 Å². The molecule has 0 spiro atoms. The SMILES string of the molecule is COc1ccc(CC(=O)Nc2cccc(-c3nc4ccccc4s3)c2)cc1OC. The van der Waals surface area contributed by atoms with E-state index in [0.717, 1.165) is 32.0 Å². The van der Waals surface area contributed by atoms with Gasteiger partial charge in [-0.1, -0.05) is 30.3 Å². The van der Waals surface area contributed by atoms with Gasteiger partial charge in [0.1, 0.15) is 5.01 Å². The van der Waals surface area contributed by atoms with E-state index in [1.807, 2.05) is 54.6 Å². The number of nitrogens with zero attached hydrogens (tertiary/aromatic N) is 1. The Morgan fingerprint density at radius 2 is 1.79 bits per heavy atom. The third-order valence-electron chi connectivity index (χ3n) is 4.50. The largest absolute Gasteiger partial charge is 0.493 e. The van der Waals surface area contributed by atoms with E-state index in [1.54, 1.807) is 31.6 Å². The minimum Gasteiger partial charge on any atom is -0.493 e. The number of benzene rings is 3. The zero-order valence-corrected chi connectivity index (χ0v) is 17.0. The standard InChI is InChI=1S/C23H20N2O3S/c1-27-19-11-10-15(12-20(19)28-2)13-22(26)24-17-7-5-6-16(14-17)23-25-18-8-3-4-9-21(18)29-23/h3-12,14H,13H2,1-2H3,(H,24,26). The maximum Gasteiger partial charge on any atom is 0.228 e. The summed E-state index contributed by atoms with van der Waals surface area (Å²) in [7, 11) is 3.16. The van der Waals surface area contributed by atoms with Gasteiger partial charge in [0.25, 0.3) is 0 Å². The molecule has 0 bridgehead atoms. The van der Waals surface area contributed by atoms with Gasteiger partial charge in [-0.05, 0) is 42.0 Å². The highest BCUT2D eigenvalue weighted by atomic mass is 32.1. The van der Waals surface area contributed by atoms with Gasteiger partial charge in [-0.15, -0.1) is 11.3 Å². The molecular weight excluding hydrogens is 384 g/mol. The van der Waals surface area contributed by atoms with Crippen molar-refractivity contribution in [2.45, 2.75) is 6.42 Å². The van der Waals surface area contributed by atoms with Crippen molar-refractivity contribution in [2.75, 3.05) is 19.5 Å². The van der Waals surface area contributed by atoms with Gasteiger partial charge >= 0.3 is 0 Å². The summed E-state index contributed by atoms with van der Waals surface area (Å²) in [6, 6.07) is 21.3. The van der Waals surface area contributed by atoms with Gasteiger partial charge in [0, 0.05) is 11.3 Å². The Morgan fingerprint density at radius 1 is 0.966 bits per heavy atom. The second-order valence-corrected chi connectivity index (χ2v) is 7.51. The smallest absolute Gasteiger partial charge is 0.228 e. The number of para-hydroxylation sites is 1. The van der Waals surface area contributed by atoms with Gasteiger partial charge < -0.3 is 14.8 Å². The predicted molar refractivity (Wildman–Crippen MR) is 117 cm³/mol. The van der Waals surface area contributed by atoms with Crippen molar-refractivity contribution in [1.29, 1.82) is 0 Å². The quantitative estimate of drug-likeness (QED) is 0.482. The third-order valence-corrected chi connectivity index (χ3v) is 5.59. The summed E-state index contributed by atoms with van der Waals surface area (Å²) in [6.45, 7) is 0. The molecule has 0 radical (unpaired) electrons. The second-order valence-electron chi connectivity index (χ2n) is 6.48. The molecule has 0 aliphatic carbocycles. The summed E-state index contributed by atoms with van der Waals surface area (Å²) >= 11 is 1.64. The first-order valence-electron chi connectivity index (χ1n) is 9.13. The van der Waals surface area contributed by atoms with Gasteiger partial charge in [-0.25, -0.2) is 4.98 Å².